The van der Waals surface area contributed by atoms with E-state index in [4.69, 9.17) is 11.6 Å². The number of nitrogens with one attached hydrogen (secondary N) is 1. The minimum absolute atomic E-state index is 0.0458. The highest BCUT2D eigenvalue weighted by atomic mass is 35.5. The van der Waals surface area contributed by atoms with Gasteiger partial charge in [0.15, 0.2) is 0 Å². The molecule has 0 bridgehead atoms. The predicted octanol–water partition coefficient (Wildman–Crippen LogP) is 3.50. The maximum Gasteiger partial charge on any atom is 0.226 e. The zero-order chi connectivity index (χ0) is 16.3. The minimum atomic E-state index is -0.0500. The van der Waals surface area contributed by atoms with Crippen molar-refractivity contribution in [2.75, 3.05) is 24.3 Å². The lowest BCUT2D eigenvalue weighted by Crippen LogP contribution is -2.20. The van der Waals surface area contributed by atoms with E-state index in [-0.39, 0.29) is 11.9 Å². The van der Waals surface area contributed by atoms with Crippen LogP contribution >= 0.6 is 11.6 Å². The maximum atomic E-state index is 12.3. The molecule has 2 rings (SSSR count). The zero-order valence-corrected chi connectivity index (χ0v) is 14.1. The number of carbonyl (C=O) groups excluding carboxylic acids is 1. The van der Waals surface area contributed by atoms with Crippen LogP contribution in [-0.2, 0) is 4.79 Å². The minimum Gasteiger partial charge on any atom is -0.376 e. The van der Waals surface area contributed by atoms with Crippen LogP contribution in [0.15, 0.2) is 30.6 Å². The average molecular weight is 321 g/mol. The van der Waals surface area contributed by atoms with E-state index in [0.717, 1.165) is 17.2 Å². The second-order valence-electron chi connectivity index (χ2n) is 5.54. The molecule has 1 atom stereocenters. The van der Waals surface area contributed by atoms with Crippen LogP contribution in [0.3, 0.4) is 0 Å². The number of hydrogen-bond donors (Lipinski definition) is 1. The van der Waals surface area contributed by atoms with Gasteiger partial charge in [0.2, 0.25) is 5.91 Å². The summed E-state index contributed by atoms with van der Waals surface area (Å²) in [6.07, 6.45) is 4.00. The Balaban J connectivity index is 2.09. The average Bonchev–Trinajstić information content (AvgIpc) is 2.84. The number of imidazole rings is 1. The first-order valence-electron chi connectivity index (χ1n) is 7.14. The van der Waals surface area contributed by atoms with Crippen LogP contribution in [0.5, 0.6) is 0 Å². The fraction of sp³-hybridized carbons (Fsp3) is 0.375. The van der Waals surface area contributed by atoms with Gasteiger partial charge < -0.3 is 14.8 Å². The molecule has 118 valence electrons. The molecule has 0 radical (unpaired) electrons. The highest BCUT2D eigenvalue weighted by Crippen LogP contribution is 2.28. The Kier molecular flexibility index (Phi) is 5.08. The molecule has 5 nitrogen and oxygen atoms in total. The summed E-state index contributed by atoms with van der Waals surface area (Å²) in [6, 6.07) is 5.51. The van der Waals surface area contributed by atoms with E-state index in [1.165, 1.54) is 0 Å². The number of anilines is 2. The second-order valence-corrected chi connectivity index (χ2v) is 5.98. The molecule has 0 aliphatic carbocycles. The molecule has 1 aromatic heterocycles. The Hall–Kier alpha value is -2.01. The fourth-order valence-electron chi connectivity index (χ4n) is 2.42. The van der Waals surface area contributed by atoms with Gasteiger partial charge in [0.25, 0.3) is 0 Å². The SMILES string of the molecule is Cc1nccn1C(C)CC(=O)Nc1cc(Cl)ccc1N(C)C. The van der Waals surface area contributed by atoms with Gasteiger partial charge in [-0.2, -0.15) is 0 Å². The van der Waals surface area contributed by atoms with Gasteiger partial charge in [0, 0.05) is 44.0 Å². The van der Waals surface area contributed by atoms with E-state index in [1.807, 2.05) is 55.7 Å². The van der Waals surface area contributed by atoms with Crippen molar-refractivity contribution in [1.29, 1.82) is 0 Å². The van der Waals surface area contributed by atoms with Gasteiger partial charge in [-0.15, -0.1) is 0 Å². The number of nitrogens with zero attached hydrogens (tertiary/aromatic N) is 3. The number of carbonyl (C=O) groups is 1. The Morgan fingerprint density at radius 3 is 2.77 bits per heavy atom. The number of aromatic nitrogens is 2. The van der Waals surface area contributed by atoms with Gasteiger partial charge in [-0.1, -0.05) is 11.6 Å². The molecule has 0 aliphatic rings. The van der Waals surface area contributed by atoms with Gasteiger partial charge in [-0.25, -0.2) is 4.98 Å². The Bertz CT molecular complexity index is 666. The third-order valence-corrected chi connectivity index (χ3v) is 3.77. The van der Waals surface area contributed by atoms with Crippen LogP contribution < -0.4 is 10.2 Å². The number of benzene rings is 1. The fourth-order valence-corrected chi connectivity index (χ4v) is 2.59. The monoisotopic (exact) mass is 320 g/mol. The van der Waals surface area contributed by atoms with Crippen LogP contribution in [0.4, 0.5) is 11.4 Å². The van der Waals surface area contributed by atoms with Gasteiger partial charge in [0.05, 0.1) is 11.4 Å². The van der Waals surface area contributed by atoms with E-state index in [2.05, 4.69) is 10.3 Å². The Morgan fingerprint density at radius 1 is 1.45 bits per heavy atom. The molecule has 2 aromatic rings. The molecular weight excluding hydrogens is 300 g/mol. The van der Waals surface area contributed by atoms with Crippen molar-refractivity contribution in [1.82, 2.24) is 9.55 Å². The van der Waals surface area contributed by atoms with Crippen molar-refractivity contribution in [2.45, 2.75) is 26.3 Å². The Labute approximate surface area is 135 Å². The summed E-state index contributed by atoms with van der Waals surface area (Å²) in [6.45, 7) is 3.93. The quantitative estimate of drug-likeness (QED) is 0.917. The van der Waals surface area contributed by atoms with Crippen LogP contribution in [0.1, 0.15) is 25.2 Å². The Morgan fingerprint density at radius 2 is 2.18 bits per heavy atom. The van der Waals surface area contributed by atoms with Crippen molar-refractivity contribution < 1.29 is 4.79 Å². The summed E-state index contributed by atoms with van der Waals surface area (Å²) < 4.78 is 1.99. The third-order valence-electron chi connectivity index (χ3n) is 3.53. The van der Waals surface area contributed by atoms with Crippen LogP contribution in [-0.4, -0.2) is 29.6 Å². The number of amides is 1. The van der Waals surface area contributed by atoms with Gasteiger partial charge >= 0.3 is 0 Å². The molecule has 0 saturated heterocycles. The van der Waals surface area contributed by atoms with Crippen molar-refractivity contribution in [3.8, 4) is 0 Å². The smallest absolute Gasteiger partial charge is 0.226 e. The summed E-state index contributed by atoms with van der Waals surface area (Å²) in [5, 5.41) is 3.54. The summed E-state index contributed by atoms with van der Waals surface area (Å²) in [5.74, 6) is 0.850. The van der Waals surface area contributed by atoms with Crippen LogP contribution in [0, 0.1) is 6.92 Å². The molecular formula is C16H21ClN4O. The molecule has 1 amide bonds. The predicted molar refractivity (Wildman–Crippen MR) is 90.7 cm³/mol. The first kappa shape index (κ1) is 16.4. The first-order chi connectivity index (χ1) is 10.4. The number of halogens is 1. The van der Waals surface area contributed by atoms with Crippen LogP contribution in [0.25, 0.3) is 0 Å². The van der Waals surface area contributed by atoms with Crippen molar-refractivity contribution >= 4 is 28.9 Å². The van der Waals surface area contributed by atoms with E-state index < -0.39 is 0 Å². The maximum absolute atomic E-state index is 12.3. The van der Waals surface area contributed by atoms with E-state index in [9.17, 15) is 4.79 Å². The van der Waals surface area contributed by atoms with Crippen LogP contribution in [0.2, 0.25) is 5.02 Å². The molecule has 1 N–H and O–H groups in total. The molecule has 1 aromatic carbocycles. The van der Waals surface area contributed by atoms with E-state index in [1.54, 1.807) is 12.3 Å². The molecule has 6 heteroatoms. The van der Waals surface area contributed by atoms with Gasteiger partial charge in [-0.05, 0) is 32.0 Å². The van der Waals surface area contributed by atoms with Crippen molar-refractivity contribution in [3.05, 3.63) is 41.4 Å². The van der Waals surface area contributed by atoms with E-state index in [0.29, 0.717) is 11.4 Å². The van der Waals surface area contributed by atoms with Crippen molar-refractivity contribution in [3.63, 3.8) is 0 Å². The molecule has 0 spiro atoms. The van der Waals surface area contributed by atoms with Gasteiger partial charge in [0.1, 0.15) is 5.82 Å². The highest BCUT2D eigenvalue weighted by Gasteiger charge is 2.14. The lowest BCUT2D eigenvalue weighted by molar-refractivity contribution is -0.116. The second kappa shape index (κ2) is 6.83. The molecule has 1 unspecified atom stereocenters. The lowest BCUT2D eigenvalue weighted by atomic mass is 10.2. The molecule has 22 heavy (non-hydrogen) atoms. The van der Waals surface area contributed by atoms with Gasteiger partial charge in [-0.3, -0.25) is 4.79 Å². The molecule has 0 aliphatic heterocycles. The third kappa shape index (κ3) is 3.80. The topological polar surface area (TPSA) is 50.2 Å². The molecule has 0 saturated carbocycles. The zero-order valence-electron chi connectivity index (χ0n) is 13.3. The number of hydrogen-bond acceptors (Lipinski definition) is 3. The lowest BCUT2D eigenvalue weighted by Gasteiger charge is -2.19. The summed E-state index contributed by atoms with van der Waals surface area (Å²) in [5.41, 5.74) is 1.64. The number of aryl methyl sites for hydroxylation is 1. The summed E-state index contributed by atoms with van der Waals surface area (Å²) >= 11 is 6.03. The number of rotatable bonds is 5. The molecule has 1 heterocycles. The largest absolute Gasteiger partial charge is 0.376 e. The highest BCUT2D eigenvalue weighted by molar-refractivity contribution is 6.31. The molecule has 0 fully saturated rings. The summed E-state index contributed by atoms with van der Waals surface area (Å²) in [4.78, 5) is 18.4. The van der Waals surface area contributed by atoms with E-state index >= 15 is 0 Å². The standard InChI is InChI=1S/C16H21ClN4O/c1-11(21-8-7-18-12(21)2)9-16(22)19-14-10-13(17)5-6-15(14)20(3)4/h5-8,10-11H,9H2,1-4H3,(H,19,22). The normalized spacial score (nSPS) is 12.0. The summed E-state index contributed by atoms with van der Waals surface area (Å²) in [7, 11) is 3.85. The van der Waals surface area contributed by atoms with Crippen molar-refractivity contribution in [2.24, 2.45) is 0 Å². The first-order valence-corrected chi connectivity index (χ1v) is 7.52.